The Bertz CT molecular complexity index is 1200. The maximum absolute atomic E-state index is 13.5. The molecule has 1 atom stereocenters. The summed E-state index contributed by atoms with van der Waals surface area (Å²) in [5.41, 5.74) is 5.02. The van der Waals surface area contributed by atoms with Gasteiger partial charge in [-0.3, -0.25) is 4.79 Å². The molecule has 0 unspecified atom stereocenters. The molecule has 31 heavy (non-hydrogen) atoms. The normalized spacial score (nSPS) is 16.5. The van der Waals surface area contributed by atoms with Gasteiger partial charge in [0.2, 0.25) is 15.9 Å². The molecule has 0 spiro atoms. The number of amides is 1. The van der Waals surface area contributed by atoms with Gasteiger partial charge in [0.15, 0.2) is 0 Å². The summed E-state index contributed by atoms with van der Waals surface area (Å²) in [6.07, 6.45) is 0.348. The van der Waals surface area contributed by atoms with Gasteiger partial charge in [0.1, 0.15) is 6.04 Å². The summed E-state index contributed by atoms with van der Waals surface area (Å²) < 4.78 is 28.3. The second-order valence-corrected chi connectivity index (χ2v) is 9.95. The average Bonchev–Trinajstić information content (AvgIpc) is 2.77. The van der Waals surface area contributed by atoms with Crippen LogP contribution >= 0.6 is 0 Å². The van der Waals surface area contributed by atoms with Crippen LogP contribution in [0.1, 0.15) is 27.8 Å². The zero-order chi connectivity index (χ0) is 22.0. The Morgan fingerprint density at radius 1 is 0.935 bits per heavy atom. The van der Waals surface area contributed by atoms with Gasteiger partial charge in [0.25, 0.3) is 0 Å². The number of aryl methyl sites for hydroxylation is 2. The second-order valence-electron chi connectivity index (χ2n) is 8.06. The molecule has 3 aromatic rings. The Morgan fingerprint density at radius 2 is 1.65 bits per heavy atom. The highest BCUT2D eigenvalue weighted by Gasteiger charge is 2.39. The van der Waals surface area contributed by atoms with Crippen LogP contribution in [-0.4, -0.2) is 24.7 Å². The predicted molar refractivity (Wildman–Crippen MR) is 121 cm³/mol. The molecule has 1 aliphatic rings. The van der Waals surface area contributed by atoms with E-state index in [0.29, 0.717) is 13.0 Å². The molecule has 0 aliphatic carbocycles. The van der Waals surface area contributed by atoms with Crippen molar-refractivity contribution < 1.29 is 13.2 Å². The average molecular weight is 435 g/mol. The Balaban J connectivity index is 1.64. The summed E-state index contributed by atoms with van der Waals surface area (Å²) in [7, 11) is -3.83. The third-order valence-corrected chi connectivity index (χ3v) is 7.55. The molecule has 0 bridgehead atoms. The highest BCUT2D eigenvalue weighted by Crippen LogP contribution is 2.29. The SMILES string of the molecule is Cc1ccc(S(=O)(=O)N2Cc3ccccc3C[C@@H]2C(=O)NCc2cccc(C)c2)cc1. The van der Waals surface area contributed by atoms with E-state index < -0.39 is 16.1 Å². The number of carbonyl (C=O) groups excluding carboxylic acids is 1. The molecular formula is C25H26N2O3S. The standard InChI is InChI=1S/C25H26N2O3S/c1-18-10-12-23(13-11-18)31(29,30)27-17-22-9-4-3-8-21(22)15-24(27)25(28)26-16-20-7-5-6-19(2)14-20/h3-14,24H,15-17H2,1-2H3,(H,26,28)/t24-/m1/s1. The van der Waals surface area contributed by atoms with Gasteiger partial charge in [0, 0.05) is 13.1 Å². The second kappa shape index (κ2) is 8.65. The highest BCUT2D eigenvalue weighted by molar-refractivity contribution is 7.89. The van der Waals surface area contributed by atoms with E-state index in [0.717, 1.165) is 27.8 Å². The van der Waals surface area contributed by atoms with Crippen molar-refractivity contribution in [3.63, 3.8) is 0 Å². The van der Waals surface area contributed by atoms with Crippen LogP contribution in [-0.2, 0) is 34.3 Å². The van der Waals surface area contributed by atoms with E-state index in [9.17, 15) is 13.2 Å². The van der Waals surface area contributed by atoms with Gasteiger partial charge < -0.3 is 5.32 Å². The fourth-order valence-corrected chi connectivity index (χ4v) is 5.51. The highest BCUT2D eigenvalue weighted by atomic mass is 32.2. The van der Waals surface area contributed by atoms with E-state index in [1.165, 1.54) is 4.31 Å². The molecule has 160 valence electrons. The Morgan fingerprint density at radius 3 is 2.35 bits per heavy atom. The molecule has 0 saturated carbocycles. The van der Waals surface area contributed by atoms with Crippen molar-refractivity contribution in [1.29, 1.82) is 0 Å². The minimum absolute atomic E-state index is 0.176. The number of hydrogen-bond donors (Lipinski definition) is 1. The molecule has 0 radical (unpaired) electrons. The third kappa shape index (κ3) is 4.55. The zero-order valence-corrected chi connectivity index (χ0v) is 18.5. The molecule has 1 N–H and O–H groups in total. The Kier molecular flexibility index (Phi) is 5.94. The molecule has 0 aromatic heterocycles. The lowest BCUT2D eigenvalue weighted by Crippen LogP contribution is -2.52. The maximum Gasteiger partial charge on any atom is 0.244 e. The lowest BCUT2D eigenvalue weighted by atomic mass is 9.95. The molecule has 3 aromatic carbocycles. The molecule has 6 heteroatoms. The maximum atomic E-state index is 13.5. The first-order valence-electron chi connectivity index (χ1n) is 10.3. The van der Waals surface area contributed by atoms with Crippen molar-refractivity contribution in [3.05, 3.63) is 101 Å². The van der Waals surface area contributed by atoms with Crippen molar-refractivity contribution in [2.45, 2.75) is 44.3 Å². The van der Waals surface area contributed by atoms with Gasteiger partial charge >= 0.3 is 0 Å². The van der Waals surface area contributed by atoms with Crippen molar-refractivity contribution in [2.75, 3.05) is 0 Å². The van der Waals surface area contributed by atoms with E-state index in [-0.39, 0.29) is 17.3 Å². The van der Waals surface area contributed by atoms with E-state index >= 15 is 0 Å². The third-order valence-electron chi connectivity index (χ3n) is 5.68. The predicted octanol–water partition coefficient (Wildman–Crippen LogP) is 3.74. The van der Waals surface area contributed by atoms with Gasteiger partial charge in [0.05, 0.1) is 4.90 Å². The molecule has 1 amide bonds. The van der Waals surface area contributed by atoms with Crippen molar-refractivity contribution in [3.8, 4) is 0 Å². The summed E-state index contributed by atoms with van der Waals surface area (Å²) >= 11 is 0. The van der Waals surface area contributed by atoms with Crippen molar-refractivity contribution in [1.82, 2.24) is 9.62 Å². The number of carbonyl (C=O) groups is 1. The molecule has 0 saturated heterocycles. The fourth-order valence-electron chi connectivity index (χ4n) is 3.95. The van der Waals surface area contributed by atoms with Crippen molar-refractivity contribution in [2.24, 2.45) is 0 Å². The topological polar surface area (TPSA) is 66.5 Å². The molecule has 5 nitrogen and oxygen atoms in total. The number of fused-ring (bicyclic) bond motifs is 1. The van der Waals surface area contributed by atoms with Crippen molar-refractivity contribution >= 4 is 15.9 Å². The first-order valence-corrected chi connectivity index (χ1v) is 11.8. The lowest BCUT2D eigenvalue weighted by molar-refractivity contribution is -0.125. The van der Waals surface area contributed by atoms with Crippen LogP contribution in [0, 0.1) is 13.8 Å². The fraction of sp³-hybridized carbons (Fsp3) is 0.240. The summed E-state index contributed by atoms with van der Waals surface area (Å²) in [6, 6.07) is 21.6. The lowest BCUT2D eigenvalue weighted by Gasteiger charge is -2.35. The van der Waals surface area contributed by atoms with E-state index in [4.69, 9.17) is 0 Å². The van der Waals surface area contributed by atoms with E-state index in [1.54, 1.807) is 24.3 Å². The monoisotopic (exact) mass is 434 g/mol. The minimum atomic E-state index is -3.83. The van der Waals surface area contributed by atoms with Gasteiger partial charge in [-0.05, 0) is 49.1 Å². The number of benzene rings is 3. The Hall–Kier alpha value is -2.96. The molecular weight excluding hydrogens is 408 g/mol. The number of nitrogens with one attached hydrogen (secondary N) is 1. The number of sulfonamides is 1. The van der Waals surface area contributed by atoms with Crippen LogP contribution in [0.4, 0.5) is 0 Å². The van der Waals surface area contributed by atoms with Crippen LogP contribution in [0.15, 0.2) is 77.7 Å². The summed E-state index contributed by atoms with van der Waals surface area (Å²) in [5.74, 6) is -0.285. The zero-order valence-electron chi connectivity index (χ0n) is 17.7. The summed E-state index contributed by atoms with van der Waals surface area (Å²) in [6.45, 7) is 4.44. The summed E-state index contributed by atoms with van der Waals surface area (Å²) in [4.78, 5) is 13.4. The quantitative estimate of drug-likeness (QED) is 0.665. The largest absolute Gasteiger partial charge is 0.351 e. The van der Waals surface area contributed by atoms with Crippen LogP contribution in [0.25, 0.3) is 0 Å². The first-order chi connectivity index (χ1) is 14.8. The minimum Gasteiger partial charge on any atom is -0.351 e. The molecule has 1 aliphatic heterocycles. The molecule has 4 rings (SSSR count). The molecule has 1 heterocycles. The van der Waals surface area contributed by atoms with Gasteiger partial charge in [-0.2, -0.15) is 4.31 Å². The number of nitrogens with zero attached hydrogens (tertiary/aromatic N) is 1. The number of rotatable bonds is 5. The van der Waals surface area contributed by atoms with E-state index in [1.807, 2.05) is 62.4 Å². The number of hydrogen-bond acceptors (Lipinski definition) is 3. The summed E-state index contributed by atoms with van der Waals surface area (Å²) in [5, 5.41) is 2.94. The molecule has 0 fully saturated rings. The smallest absolute Gasteiger partial charge is 0.244 e. The first kappa shape index (κ1) is 21.3. The van der Waals surface area contributed by atoms with Crippen LogP contribution in [0.2, 0.25) is 0 Å². The van der Waals surface area contributed by atoms with E-state index in [2.05, 4.69) is 5.32 Å². The Labute approximate surface area is 183 Å². The van der Waals surface area contributed by atoms with Gasteiger partial charge in [-0.25, -0.2) is 8.42 Å². The van der Waals surface area contributed by atoms with Crippen LogP contribution < -0.4 is 5.32 Å². The van der Waals surface area contributed by atoms with Gasteiger partial charge in [-0.1, -0.05) is 71.8 Å². The van der Waals surface area contributed by atoms with Gasteiger partial charge in [-0.15, -0.1) is 0 Å². The van der Waals surface area contributed by atoms with Crippen LogP contribution in [0.3, 0.4) is 0 Å². The van der Waals surface area contributed by atoms with Crippen LogP contribution in [0.5, 0.6) is 0 Å².